The SMILES string of the molecule is Cc1ccc(S(N)(=O)=O)c(S(=O)(=O)c2cc(Cl)c(N)c(Cl)c2)c1. The largest absolute Gasteiger partial charge is 0.396 e. The molecule has 0 aliphatic rings. The standard InChI is InChI=1S/C13H12Cl2N2O4S2/c1-7-2-3-11(23(17,20)21)12(4-7)22(18,19)8-5-9(14)13(16)10(15)6-8/h2-6H,16H2,1H3,(H2,17,20,21). The van der Waals surface area contributed by atoms with Crippen molar-refractivity contribution in [3.8, 4) is 0 Å². The number of sulfone groups is 1. The normalized spacial score (nSPS) is 12.3. The van der Waals surface area contributed by atoms with E-state index in [1.54, 1.807) is 6.92 Å². The highest BCUT2D eigenvalue weighted by molar-refractivity contribution is 7.93. The number of primary sulfonamides is 1. The highest BCUT2D eigenvalue weighted by atomic mass is 35.5. The minimum atomic E-state index is -4.24. The molecular weight excluding hydrogens is 383 g/mol. The minimum Gasteiger partial charge on any atom is -0.396 e. The van der Waals surface area contributed by atoms with Crippen molar-refractivity contribution in [1.29, 1.82) is 0 Å². The van der Waals surface area contributed by atoms with Gasteiger partial charge in [-0.25, -0.2) is 22.0 Å². The molecule has 0 saturated heterocycles. The summed E-state index contributed by atoms with van der Waals surface area (Å²) in [6.07, 6.45) is 0. The summed E-state index contributed by atoms with van der Waals surface area (Å²) in [7, 11) is -8.46. The van der Waals surface area contributed by atoms with E-state index in [2.05, 4.69) is 0 Å². The summed E-state index contributed by atoms with van der Waals surface area (Å²) >= 11 is 11.7. The van der Waals surface area contributed by atoms with Crippen LogP contribution < -0.4 is 10.9 Å². The lowest BCUT2D eigenvalue weighted by molar-refractivity contribution is 0.583. The molecule has 0 bridgehead atoms. The lowest BCUT2D eigenvalue weighted by Crippen LogP contribution is -2.17. The maximum absolute atomic E-state index is 12.8. The molecule has 0 spiro atoms. The number of halogens is 2. The van der Waals surface area contributed by atoms with Crippen LogP contribution in [0.5, 0.6) is 0 Å². The first kappa shape index (κ1) is 18.0. The number of nitrogen functional groups attached to an aromatic ring is 1. The second-order valence-electron chi connectivity index (χ2n) is 4.80. The molecule has 6 nitrogen and oxygen atoms in total. The van der Waals surface area contributed by atoms with E-state index in [1.165, 1.54) is 12.1 Å². The van der Waals surface area contributed by atoms with Crippen LogP contribution in [0.2, 0.25) is 10.0 Å². The zero-order valence-corrected chi connectivity index (χ0v) is 14.9. The van der Waals surface area contributed by atoms with Gasteiger partial charge in [-0.3, -0.25) is 0 Å². The molecule has 124 valence electrons. The van der Waals surface area contributed by atoms with Crippen LogP contribution in [-0.2, 0) is 19.9 Å². The van der Waals surface area contributed by atoms with Crippen LogP contribution in [0.1, 0.15) is 5.56 Å². The van der Waals surface area contributed by atoms with Gasteiger partial charge in [0.2, 0.25) is 19.9 Å². The van der Waals surface area contributed by atoms with Crippen molar-refractivity contribution < 1.29 is 16.8 Å². The van der Waals surface area contributed by atoms with Crippen molar-refractivity contribution in [2.75, 3.05) is 5.73 Å². The molecule has 0 aliphatic carbocycles. The van der Waals surface area contributed by atoms with Crippen molar-refractivity contribution in [2.45, 2.75) is 21.6 Å². The van der Waals surface area contributed by atoms with Gasteiger partial charge in [0.05, 0.1) is 25.5 Å². The Morgan fingerprint density at radius 2 is 1.43 bits per heavy atom. The fourth-order valence-electron chi connectivity index (χ4n) is 1.90. The van der Waals surface area contributed by atoms with Gasteiger partial charge in [0.25, 0.3) is 0 Å². The van der Waals surface area contributed by atoms with Crippen LogP contribution in [0.4, 0.5) is 5.69 Å². The highest BCUT2D eigenvalue weighted by Crippen LogP contribution is 2.34. The van der Waals surface area contributed by atoms with Crippen LogP contribution in [0.15, 0.2) is 45.0 Å². The summed E-state index contributed by atoms with van der Waals surface area (Å²) in [4.78, 5) is -1.23. The van der Waals surface area contributed by atoms with E-state index in [-0.39, 0.29) is 20.6 Å². The molecule has 0 amide bonds. The Hall–Kier alpha value is -1.32. The van der Waals surface area contributed by atoms with E-state index >= 15 is 0 Å². The number of benzene rings is 2. The van der Waals surface area contributed by atoms with Crippen molar-refractivity contribution in [3.63, 3.8) is 0 Å². The van der Waals surface area contributed by atoms with Gasteiger partial charge >= 0.3 is 0 Å². The molecule has 0 radical (unpaired) electrons. The lowest BCUT2D eigenvalue weighted by Gasteiger charge is -2.12. The molecule has 4 N–H and O–H groups in total. The maximum atomic E-state index is 12.8. The lowest BCUT2D eigenvalue weighted by atomic mass is 10.2. The predicted octanol–water partition coefficient (Wildman–Crippen LogP) is 2.36. The first-order chi connectivity index (χ1) is 10.4. The van der Waals surface area contributed by atoms with Gasteiger partial charge in [-0.05, 0) is 36.8 Å². The molecule has 0 saturated carbocycles. The number of sulfonamides is 1. The van der Waals surface area contributed by atoms with E-state index < -0.39 is 29.7 Å². The summed E-state index contributed by atoms with van der Waals surface area (Å²) in [6.45, 7) is 1.62. The van der Waals surface area contributed by atoms with Crippen LogP contribution in [0, 0.1) is 6.92 Å². The Balaban J connectivity index is 2.83. The molecule has 0 fully saturated rings. The molecule has 0 atom stereocenters. The van der Waals surface area contributed by atoms with Crippen molar-refractivity contribution >= 4 is 48.7 Å². The summed E-state index contributed by atoms with van der Waals surface area (Å²) in [5, 5.41) is 4.99. The van der Waals surface area contributed by atoms with Crippen LogP contribution >= 0.6 is 23.2 Å². The molecule has 0 aliphatic heterocycles. The van der Waals surface area contributed by atoms with Gasteiger partial charge in [0.1, 0.15) is 4.90 Å². The fourth-order valence-corrected chi connectivity index (χ4v) is 5.27. The molecule has 0 heterocycles. The Bertz CT molecular complexity index is 980. The minimum absolute atomic E-state index is 0.0307. The van der Waals surface area contributed by atoms with Crippen LogP contribution in [0.3, 0.4) is 0 Å². The topological polar surface area (TPSA) is 120 Å². The highest BCUT2D eigenvalue weighted by Gasteiger charge is 2.27. The zero-order valence-electron chi connectivity index (χ0n) is 11.7. The fraction of sp³-hybridized carbons (Fsp3) is 0.0769. The predicted molar refractivity (Wildman–Crippen MR) is 88.9 cm³/mol. The molecule has 2 aromatic carbocycles. The number of anilines is 1. The Labute approximate surface area is 144 Å². The van der Waals surface area contributed by atoms with Gasteiger partial charge in [-0.1, -0.05) is 29.3 Å². The second kappa shape index (κ2) is 5.95. The van der Waals surface area contributed by atoms with Crippen LogP contribution in [0.25, 0.3) is 0 Å². The zero-order chi connectivity index (χ0) is 17.6. The molecule has 10 heteroatoms. The number of aryl methyl sites for hydroxylation is 1. The third-order valence-corrected chi connectivity index (χ3v) is 6.55. The Morgan fingerprint density at radius 3 is 1.91 bits per heavy atom. The van der Waals surface area contributed by atoms with E-state index in [9.17, 15) is 16.8 Å². The van der Waals surface area contributed by atoms with E-state index in [1.807, 2.05) is 0 Å². The van der Waals surface area contributed by atoms with Gasteiger partial charge in [-0.2, -0.15) is 0 Å². The third-order valence-electron chi connectivity index (χ3n) is 3.06. The van der Waals surface area contributed by atoms with Crippen molar-refractivity contribution in [3.05, 3.63) is 45.9 Å². The Morgan fingerprint density at radius 1 is 0.913 bits per heavy atom. The number of nitrogens with two attached hydrogens (primary N) is 2. The smallest absolute Gasteiger partial charge is 0.239 e. The van der Waals surface area contributed by atoms with E-state index in [4.69, 9.17) is 34.1 Å². The second-order valence-corrected chi connectivity index (χ2v) is 9.06. The molecule has 0 aromatic heterocycles. The first-order valence-electron chi connectivity index (χ1n) is 6.07. The Kier molecular flexibility index (Phi) is 4.67. The van der Waals surface area contributed by atoms with Crippen molar-refractivity contribution in [2.24, 2.45) is 5.14 Å². The van der Waals surface area contributed by atoms with E-state index in [0.29, 0.717) is 5.56 Å². The first-order valence-corrected chi connectivity index (χ1v) is 9.86. The maximum Gasteiger partial charge on any atom is 0.239 e. The molecule has 23 heavy (non-hydrogen) atoms. The van der Waals surface area contributed by atoms with Crippen LogP contribution in [-0.4, -0.2) is 16.8 Å². The van der Waals surface area contributed by atoms with Crippen molar-refractivity contribution in [1.82, 2.24) is 0 Å². The monoisotopic (exact) mass is 394 g/mol. The summed E-state index contributed by atoms with van der Waals surface area (Å²) in [5.41, 5.74) is 6.16. The number of rotatable bonds is 3. The third kappa shape index (κ3) is 3.46. The summed E-state index contributed by atoms with van der Waals surface area (Å²) in [5.74, 6) is 0. The van der Waals surface area contributed by atoms with Gasteiger partial charge in [0, 0.05) is 0 Å². The molecule has 0 unspecified atom stereocenters. The van der Waals surface area contributed by atoms with Gasteiger partial charge in [0.15, 0.2) is 0 Å². The summed E-state index contributed by atoms with van der Waals surface area (Å²) in [6, 6.07) is 6.01. The average Bonchev–Trinajstić information content (AvgIpc) is 2.42. The van der Waals surface area contributed by atoms with Gasteiger partial charge < -0.3 is 5.73 Å². The molecule has 2 aromatic rings. The van der Waals surface area contributed by atoms with Gasteiger partial charge in [-0.15, -0.1) is 0 Å². The number of hydrogen-bond acceptors (Lipinski definition) is 5. The quantitative estimate of drug-likeness (QED) is 0.773. The molecular formula is C13H12Cl2N2O4S2. The molecule has 2 rings (SSSR count). The number of hydrogen-bond donors (Lipinski definition) is 2. The summed E-state index contributed by atoms with van der Waals surface area (Å²) < 4.78 is 48.9. The van der Waals surface area contributed by atoms with E-state index in [0.717, 1.165) is 18.2 Å². The average molecular weight is 395 g/mol.